The van der Waals surface area contributed by atoms with E-state index in [1.54, 1.807) is 7.11 Å². The van der Waals surface area contributed by atoms with Gasteiger partial charge in [-0.15, -0.1) is 0 Å². The Bertz CT molecular complexity index is 269. The van der Waals surface area contributed by atoms with Crippen LogP contribution >= 0.6 is 0 Å². The summed E-state index contributed by atoms with van der Waals surface area (Å²) in [6, 6.07) is 0.455. The molecule has 5 heteroatoms. The van der Waals surface area contributed by atoms with Gasteiger partial charge in [0.2, 0.25) is 0 Å². The summed E-state index contributed by atoms with van der Waals surface area (Å²) < 4.78 is 5.08. The first-order valence-electron chi connectivity index (χ1n) is 8.21. The molecule has 0 radical (unpaired) electrons. The second-order valence-corrected chi connectivity index (χ2v) is 6.07. The predicted octanol–water partition coefficient (Wildman–Crippen LogP) is 1.94. The van der Waals surface area contributed by atoms with Gasteiger partial charge in [0.1, 0.15) is 0 Å². The zero-order chi connectivity index (χ0) is 16.1. The molecule has 0 saturated carbocycles. The van der Waals surface area contributed by atoms with Crippen LogP contribution in [-0.4, -0.2) is 63.8 Å². The van der Waals surface area contributed by atoms with Gasteiger partial charge >= 0.3 is 0 Å². The summed E-state index contributed by atoms with van der Waals surface area (Å²) in [5.41, 5.74) is 0. The molecule has 0 aromatic rings. The summed E-state index contributed by atoms with van der Waals surface area (Å²) in [5, 5.41) is 6.80. The van der Waals surface area contributed by atoms with Crippen molar-refractivity contribution in [3.8, 4) is 0 Å². The lowest BCUT2D eigenvalue weighted by molar-refractivity contribution is 0.163. The van der Waals surface area contributed by atoms with E-state index < -0.39 is 0 Å². The molecule has 0 fully saturated rings. The normalized spacial score (nSPS) is 13.8. The first kappa shape index (κ1) is 20.2. The van der Waals surface area contributed by atoms with Crippen molar-refractivity contribution in [3.63, 3.8) is 0 Å². The molecule has 0 aliphatic rings. The van der Waals surface area contributed by atoms with Crippen LogP contribution < -0.4 is 10.6 Å². The Hall–Kier alpha value is -0.810. The van der Waals surface area contributed by atoms with Gasteiger partial charge in [0, 0.05) is 32.8 Å². The molecular weight excluding hydrogens is 264 g/mol. The maximum Gasteiger partial charge on any atom is 0.191 e. The third kappa shape index (κ3) is 12.6. The van der Waals surface area contributed by atoms with Gasteiger partial charge < -0.3 is 20.3 Å². The molecule has 1 unspecified atom stereocenters. The molecule has 1 atom stereocenters. The predicted molar refractivity (Wildman–Crippen MR) is 92.0 cm³/mol. The zero-order valence-electron chi connectivity index (χ0n) is 14.9. The van der Waals surface area contributed by atoms with Gasteiger partial charge in [-0.05, 0) is 39.7 Å². The fraction of sp³-hybridized carbons (Fsp3) is 0.938. The monoisotopic (exact) mass is 300 g/mol. The smallest absolute Gasteiger partial charge is 0.191 e. The molecule has 0 aliphatic heterocycles. The summed E-state index contributed by atoms with van der Waals surface area (Å²) in [7, 11) is 3.83. The minimum atomic E-state index is 0.455. The molecule has 5 nitrogen and oxygen atoms in total. The Kier molecular flexibility index (Phi) is 12.4. The van der Waals surface area contributed by atoms with Gasteiger partial charge in [-0.25, -0.2) is 0 Å². The number of methoxy groups -OCH3 is 1. The average Bonchev–Trinajstić information content (AvgIpc) is 2.43. The molecule has 126 valence electrons. The Balaban J connectivity index is 4.11. The van der Waals surface area contributed by atoms with Crippen molar-refractivity contribution >= 4 is 5.96 Å². The molecule has 21 heavy (non-hydrogen) atoms. The van der Waals surface area contributed by atoms with E-state index in [-0.39, 0.29) is 0 Å². The molecule has 0 heterocycles. The topological polar surface area (TPSA) is 48.9 Å². The van der Waals surface area contributed by atoms with Crippen LogP contribution in [0, 0.1) is 5.92 Å². The van der Waals surface area contributed by atoms with Crippen molar-refractivity contribution in [2.75, 3.05) is 46.9 Å². The van der Waals surface area contributed by atoms with Crippen LogP contribution in [-0.2, 0) is 4.74 Å². The third-order valence-electron chi connectivity index (χ3n) is 3.33. The van der Waals surface area contributed by atoms with E-state index >= 15 is 0 Å². The van der Waals surface area contributed by atoms with Gasteiger partial charge in [0.05, 0.1) is 13.2 Å². The Labute approximate surface area is 131 Å². The lowest BCUT2D eigenvalue weighted by Gasteiger charge is -2.19. The number of nitrogens with zero attached hydrogens (tertiary/aromatic N) is 2. The standard InChI is InChI=1S/C16H36N4O/c1-7-17-16(19-15(4)9-8-14(2)3)18-10-11-20(5)12-13-21-6/h14-15H,7-13H2,1-6H3,(H2,17,18,19). The Morgan fingerprint density at radius 1 is 1.19 bits per heavy atom. The number of aliphatic imine (C=N–C) groups is 1. The first-order chi connectivity index (χ1) is 9.99. The molecule has 0 bridgehead atoms. The quantitative estimate of drug-likeness (QED) is 0.452. The molecule has 0 saturated heterocycles. The van der Waals surface area contributed by atoms with E-state index in [0.717, 1.165) is 44.7 Å². The largest absolute Gasteiger partial charge is 0.383 e. The highest BCUT2D eigenvalue weighted by atomic mass is 16.5. The lowest BCUT2D eigenvalue weighted by atomic mass is 10.0. The van der Waals surface area contributed by atoms with Gasteiger partial charge in [-0.1, -0.05) is 13.8 Å². The van der Waals surface area contributed by atoms with Gasteiger partial charge in [-0.3, -0.25) is 4.99 Å². The zero-order valence-corrected chi connectivity index (χ0v) is 14.9. The highest BCUT2D eigenvalue weighted by Gasteiger charge is 2.06. The number of ether oxygens (including phenoxy) is 1. The summed E-state index contributed by atoms with van der Waals surface area (Å²) >= 11 is 0. The number of rotatable bonds is 11. The summed E-state index contributed by atoms with van der Waals surface area (Å²) in [4.78, 5) is 6.88. The number of hydrogen-bond donors (Lipinski definition) is 2. The van der Waals surface area contributed by atoms with Crippen molar-refractivity contribution in [1.82, 2.24) is 15.5 Å². The number of hydrogen-bond acceptors (Lipinski definition) is 3. The van der Waals surface area contributed by atoms with Crippen molar-refractivity contribution in [2.24, 2.45) is 10.9 Å². The Morgan fingerprint density at radius 3 is 2.48 bits per heavy atom. The van der Waals surface area contributed by atoms with Crippen LogP contribution in [0.1, 0.15) is 40.5 Å². The molecular formula is C16H36N4O. The fourth-order valence-corrected chi connectivity index (χ4v) is 1.90. The van der Waals surface area contributed by atoms with E-state index in [1.807, 2.05) is 0 Å². The molecule has 0 amide bonds. The maximum absolute atomic E-state index is 5.08. The third-order valence-corrected chi connectivity index (χ3v) is 3.33. The van der Waals surface area contributed by atoms with E-state index in [9.17, 15) is 0 Å². The average molecular weight is 300 g/mol. The van der Waals surface area contributed by atoms with Gasteiger partial charge in [0.25, 0.3) is 0 Å². The van der Waals surface area contributed by atoms with Crippen LogP contribution in [0.4, 0.5) is 0 Å². The highest BCUT2D eigenvalue weighted by Crippen LogP contribution is 2.06. The minimum Gasteiger partial charge on any atom is -0.383 e. The van der Waals surface area contributed by atoms with E-state index in [1.165, 1.54) is 12.8 Å². The first-order valence-corrected chi connectivity index (χ1v) is 8.21. The van der Waals surface area contributed by atoms with Crippen LogP contribution in [0.3, 0.4) is 0 Å². The number of likely N-dealkylation sites (N-methyl/N-ethyl adjacent to an activating group) is 1. The number of nitrogens with one attached hydrogen (secondary N) is 2. The van der Waals surface area contributed by atoms with Crippen molar-refractivity contribution in [3.05, 3.63) is 0 Å². The van der Waals surface area contributed by atoms with E-state index in [4.69, 9.17) is 4.74 Å². The summed E-state index contributed by atoms with van der Waals surface area (Å²) in [5.74, 6) is 1.68. The SMILES string of the molecule is CCNC(=NCCN(C)CCOC)NC(C)CCC(C)C. The summed E-state index contributed by atoms with van der Waals surface area (Å²) in [6.45, 7) is 13.2. The van der Waals surface area contributed by atoms with Gasteiger partial charge in [-0.2, -0.15) is 0 Å². The van der Waals surface area contributed by atoms with Crippen LogP contribution in [0.25, 0.3) is 0 Å². The molecule has 0 aromatic heterocycles. The van der Waals surface area contributed by atoms with Crippen molar-refractivity contribution in [2.45, 2.75) is 46.6 Å². The fourth-order valence-electron chi connectivity index (χ4n) is 1.90. The van der Waals surface area contributed by atoms with E-state index in [2.05, 4.69) is 55.3 Å². The molecule has 0 aliphatic carbocycles. The maximum atomic E-state index is 5.08. The van der Waals surface area contributed by atoms with Crippen molar-refractivity contribution in [1.29, 1.82) is 0 Å². The molecule has 2 N–H and O–H groups in total. The number of guanidine groups is 1. The molecule has 0 rings (SSSR count). The van der Waals surface area contributed by atoms with Crippen LogP contribution in [0.5, 0.6) is 0 Å². The van der Waals surface area contributed by atoms with Crippen LogP contribution in [0.15, 0.2) is 4.99 Å². The minimum absolute atomic E-state index is 0.455. The summed E-state index contributed by atoms with van der Waals surface area (Å²) in [6.07, 6.45) is 2.42. The van der Waals surface area contributed by atoms with E-state index in [0.29, 0.717) is 6.04 Å². The lowest BCUT2D eigenvalue weighted by Crippen LogP contribution is -2.42. The van der Waals surface area contributed by atoms with Gasteiger partial charge in [0.15, 0.2) is 5.96 Å². The Morgan fingerprint density at radius 2 is 1.90 bits per heavy atom. The second kappa shape index (κ2) is 12.9. The van der Waals surface area contributed by atoms with Crippen LogP contribution in [0.2, 0.25) is 0 Å². The molecule has 0 aromatic carbocycles. The molecule has 0 spiro atoms. The highest BCUT2D eigenvalue weighted by molar-refractivity contribution is 5.80. The second-order valence-electron chi connectivity index (χ2n) is 6.07. The van der Waals surface area contributed by atoms with Crippen molar-refractivity contribution < 1.29 is 4.74 Å².